The highest BCUT2D eigenvalue weighted by Crippen LogP contribution is 2.45. The maximum atomic E-state index is 14.6. The zero-order valence-corrected chi connectivity index (χ0v) is 38.1. The first-order valence-corrected chi connectivity index (χ1v) is 22.7. The van der Waals surface area contributed by atoms with Crippen LogP contribution < -0.4 is 0 Å². The van der Waals surface area contributed by atoms with Gasteiger partial charge in [0.25, 0.3) is 0 Å². The van der Waals surface area contributed by atoms with Crippen LogP contribution in [0.2, 0.25) is 0 Å². The Balaban J connectivity index is 1.27. The van der Waals surface area contributed by atoms with Gasteiger partial charge in [0, 0.05) is 47.3 Å². The van der Waals surface area contributed by atoms with Crippen molar-refractivity contribution in [1.29, 1.82) is 0 Å². The number of carbonyl (C=O) groups excluding carboxylic acids is 2. The molecule has 1 aromatic carbocycles. The highest BCUT2D eigenvalue weighted by Gasteiger charge is 2.60. The van der Waals surface area contributed by atoms with Gasteiger partial charge in [0.05, 0.1) is 55.6 Å². The second-order valence-corrected chi connectivity index (χ2v) is 19.2. The molecule has 61 heavy (non-hydrogen) atoms. The quantitative estimate of drug-likeness (QED) is 0.245. The van der Waals surface area contributed by atoms with Crippen molar-refractivity contribution in [2.24, 2.45) is 33.8 Å². The van der Waals surface area contributed by atoms with Gasteiger partial charge in [-0.2, -0.15) is 0 Å². The number of aromatic nitrogens is 1. The zero-order valence-electron chi connectivity index (χ0n) is 37.3. The lowest BCUT2D eigenvalue weighted by atomic mass is 9.72. The molecule has 4 bridgehead atoms. The zero-order chi connectivity index (χ0) is 43.8. The van der Waals surface area contributed by atoms with E-state index in [9.17, 15) is 14.7 Å². The van der Waals surface area contributed by atoms with Crippen molar-refractivity contribution >= 4 is 34.8 Å². The third-order valence-corrected chi connectivity index (χ3v) is 14.4. The number of carbonyl (C=O) groups is 2. The maximum Gasteiger partial charge on any atom is 0.410 e. The third kappa shape index (κ3) is 9.27. The molecule has 0 spiro atoms. The Labute approximate surface area is 364 Å². The molecule has 7 rings (SSSR count). The van der Waals surface area contributed by atoms with E-state index in [2.05, 4.69) is 24.0 Å². The van der Waals surface area contributed by atoms with E-state index in [1.807, 2.05) is 83.3 Å². The van der Waals surface area contributed by atoms with Gasteiger partial charge >= 0.3 is 12.1 Å². The number of aliphatic hydroxyl groups excluding tert-OH is 1. The van der Waals surface area contributed by atoms with Crippen LogP contribution in [0.1, 0.15) is 80.2 Å². The summed E-state index contributed by atoms with van der Waals surface area (Å²) in [6, 6.07) is 7.35. The second-order valence-electron chi connectivity index (χ2n) is 18.3. The minimum Gasteiger partial charge on any atom is -0.458 e. The number of oxime groups is 1. The lowest BCUT2D eigenvalue weighted by molar-refractivity contribution is -0.302. The fraction of sp³-hybridized carbons (Fsp3) is 0.711. The predicted octanol–water partition coefficient (Wildman–Crippen LogP) is 5.97. The Morgan fingerprint density at radius 3 is 2.51 bits per heavy atom. The number of hydrogen-bond donors (Lipinski definition) is 1. The number of aliphatic hydroxyl groups is 1. The van der Waals surface area contributed by atoms with Crippen LogP contribution in [0.3, 0.4) is 0 Å². The normalized spacial score (nSPS) is 39.4. The summed E-state index contributed by atoms with van der Waals surface area (Å²) in [5, 5.41) is 19.3. The Kier molecular flexibility index (Phi) is 13.9. The predicted molar refractivity (Wildman–Crippen MR) is 230 cm³/mol. The lowest BCUT2D eigenvalue weighted by Gasteiger charge is -2.48. The highest BCUT2D eigenvalue weighted by atomic mass is 32.1. The monoisotopic (exact) mass is 867 g/mol. The Hall–Kier alpha value is -3.51. The van der Waals surface area contributed by atoms with Crippen LogP contribution in [-0.2, 0) is 44.7 Å². The first kappa shape index (κ1) is 45.5. The summed E-state index contributed by atoms with van der Waals surface area (Å²) < 4.78 is 39.9. The molecule has 4 saturated heterocycles. The molecule has 1 aromatic heterocycles. The smallest absolute Gasteiger partial charge is 0.410 e. The average molecular weight is 868 g/mol. The third-order valence-electron chi connectivity index (χ3n) is 13.6. The van der Waals surface area contributed by atoms with E-state index < -0.39 is 71.8 Å². The Morgan fingerprint density at radius 2 is 1.82 bits per heavy atom. The number of nitrogens with zero attached hydrogens (tertiary/aromatic N) is 5. The molecule has 0 unspecified atom stereocenters. The Bertz CT molecular complexity index is 1900. The molecule has 1 amide bonds. The summed E-state index contributed by atoms with van der Waals surface area (Å²) in [5.74, 6) is -2.24. The van der Waals surface area contributed by atoms with Gasteiger partial charge in [-0.15, -0.1) is 11.3 Å². The largest absolute Gasteiger partial charge is 0.458 e. The number of benzene rings is 1. The van der Waals surface area contributed by atoms with Gasteiger partial charge in [0.15, 0.2) is 11.9 Å². The van der Waals surface area contributed by atoms with Crippen LogP contribution in [-0.4, -0.2) is 144 Å². The number of hydrogen-bond acceptors (Lipinski definition) is 15. The number of thiazole rings is 1. The molecular weight excluding hydrogens is 803 g/mol. The van der Waals surface area contributed by atoms with Crippen molar-refractivity contribution in [3.8, 4) is 10.6 Å². The molecular formula is C45H65N5O10S. The molecule has 0 aliphatic carbocycles. The van der Waals surface area contributed by atoms with Crippen LogP contribution in [0.15, 0.2) is 46.0 Å². The first-order valence-electron chi connectivity index (χ1n) is 21.9. The molecule has 336 valence electrons. The van der Waals surface area contributed by atoms with Crippen LogP contribution >= 0.6 is 11.3 Å². The molecule has 1 N–H and O–H groups in total. The molecule has 16 heteroatoms. The molecule has 14 atom stereocenters. The van der Waals surface area contributed by atoms with Gasteiger partial charge in [0.2, 0.25) is 0 Å². The van der Waals surface area contributed by atoms with Gasteiger partial charge in [-0.1, -0.05) is 57.1 Å². The van der Waals surface area contributed by atoms with E-state index >= 15 is 0 Å². The molecule has 2 aromatic rings. The van der Waals surface area contributed by atoms with Gasteiger partial charge in [-0.3, -0.25) is 14.7 Å². The summed E-state index contributed by atoms with van der Waals surface area (Å²) >= 11 is 1.58. The average Bonchev–Trinajstić information content (AvgIpc) is 3.81. The fourth-order valence-electron chi connectivity index (χ4n) is 10.5. The molecule has 5 aliphatic heterocycles. The Morgan fingerprint density at radius 1 is 1.07 bits per heavy atom. The first-order chi connectivity index (χ1) is 29.0. The molecule has 6 heterocycles. The van der Waals surface area contributed by atoms with Crippen molar-refractivity contribution in [1.82, 2.24) is 14.8 Å². The van der Waals surface area contributed by atoms with E-state index in [4.69, 9.17) is 38.3 Å². The van der Waals surface area contributed by atoms with Gasteiger partial charge in [-0.25, -0.2) is 9.78 Å². The molecule has 0 radical (unpaired) electrons. The number of esters is 1. The number of cyclic esters (lactones) is 1. The van der Waals surface area contributed by atoms with E-state index in [0.29, 0.717) is 38.1 Å². The number of ether oxygens (including phenoxy) is 6. The van der Waals surface area contributed by atoms with Crippen LogP contribution in [0.4, 0.5) is 4.79 Å². The highest BCUT2D eigenvalue weighted by molar-refractivity contribution is 7.13. The fourth-order valence-corrected chi connectivity index (χ4v) is 11.2. The SMILES string of the molecule is CC[C@H]1OC(=O)[C@H](C)[C@H]2OC/C(=N\OCc3ccc(-c4nccs4)cc3)CO[C@](C)(C[C@@H](C)C3=NCCN4C(=O)O[C@@]1(C)[C@H]4[C@H]3C)[C@H](O[C@H]1O[C@@H](C)C[C@@H](N(C)C)[C@@H]1O)[C@H]2C. The van der Waals surface area contributed by atoms with Crippen molar-refractivity contribution in [2.75, 3.05) is 40.4 Å². The summed E-state index contributed by atoms with van der Waals surface area (Å²) in [7, 11) is 3.88. The van der Waals surface area contributed by atoms with Crippen molar-refractivity contribution < 1.29 is 48.0 Å². The standard InChI is InChI=1S/C45H65N5O10S/c1-11-34-45(8)38-27(4)35(46-16-18-50(38)43(53)60-45)25(2)21-44(7)39(59-42-36(51)33(49(9)10)20-26(3)57-42)28(5)37(29(6)41(52)58-34)54-23-32(24-55-44)48-56-22-30-12-14-31(15-13-30)40-47-17-19-61-40/h12-15,17,19,25-29,33-34,36-39,42,51H,11,16,18,20-24H2,1-10H3/b48-32+/t25-,26+,27+,28+,29-,33-,34-,36+,37+,38-,39-,42-,44-,45-/m1/s1. The van der Waals surface area contributed by atoms with E-state index in [0.717, 1.165) is 21.8 Å². The van der Waals surface area contributed by atoms with Gasteiger partial charge in [0.1, 0.15) is 29.5 Å². The van der Waals surface area contributed by atoms with Crippen LogP contribution in [0, 0.1) is 23.7 Å². The second kappa shape index (κ2) is 18.7. The molecule has 4 fully saturated rings. The van der Waals surface area contributed by atoms with E-state index in [1.165, 1.54) is 0 Å². The number of amides is 1. The molecule has 5 aliphatic rings. The van der Waals surface area contributed by atoms with Crippen LogP contribution in [0.25, 0.3) is 10.6 Å². The summed E-state index contributed by atoms with van der Waals surface area (Å²) in [6.45, 7) is 16.8. The topological polar surface area (TPSA) is 163 Å². The molecule has 0 saturated carbocycles. The number of aliphatic imine (C=N–C) groups is 1. The molecule has 15 nitrogen and oxygen atoms in total. The minimum atomic E-state index is -1.14. The van der Waals surface area contributed by atoms with Gasteiger partial charge in [-0.05, 0) is 72.5 Å². The lowest BCUT2D eigenvalue weighted by Crippen LogP contribution is -2.60. The van der Waals surface area contributed by atoms with E-state index in [1.54, 1.807) is 29.4 Å². The maximum absolute atomic E-state index is 14.6. The van der Waals surface area contributed by atoms with Gasteiger partial charge < -0.3 is 43.3 Å². The summed E-state index contributed by atoms with van der Waals surface area (Å²) in [6.07, 6.45) is -1.63. The van der Waals surface area contributed by atoms with Crippen LogP contribution in [0.5, 0.6) is 0 Å². The number of likely N-dealkylation sites (N-methyl/N-ethyl adjacent to an activating group) is 1. The van der Waals surface area contributed by atoms with E-state index in [-0.39, 0.29) is 43.8 Å². The summed E-state index contributed by atoms with van der Waals surface area (Å²) in [4.78, 5) is 47.4. The summed E-state index contributed by atoms with van der Waals surface area (Å²) in [5.41, 5.74) is 1.14. The van der Waals surface area contributed by atoms with Crippen molar-refractivity contribution in [3.05, 3.63) is 41.4 Å². The van der Waals surface area contributed by atoms with Crippen molar-refractivity contribution in [3.63, 3.8) is 0 Å². The number of fused-ring (bicyclic) bond motifs is 4. The minimum absolute atomic E-state index is 0.00354. The number of rotatable bonds is 8. The van der Waals surface area contributed by atoms with Crippen molar-refractivity contribution in [2.45, 2.75) is 141 Å².